The molecule has 0 radical (unpaired) electrons. The van der Waals surface area contributed by atoms with Crippen molar-refractivity contribution in [2.24, 2.45) is 0 Å². The fourth-order valence-corrected chi connectivity index (χ4v) is 3.04. The summed E-state index contributed by atoms with van der Waals surface area (Å²) >= 11 is 1.97. The van der Waals surface area contributed by atoms with E-state index in [-0.39, 0.29) is 0 Å². The Morgan fingerprint density at radius 1 is 1.43 bits per heavy atom. The Bertz CT molecular complexity index is 286. The topological polar surface area (TPSA) is 12.0 Å². The second-order valence-corrected chi connectivity index (χ2v) is 5.59. The van der Waals surface area contributed by atoms with Crippen molar-refractivity contribution in [1.82, 2.24) is 5.32 Å². The molecule has 2 rings (SSSR count). The average molecular weight is 209 g/mol. The summed E-state index contributed by atoms with van der Waals surface area (Å²) in [6, 6.07) is 5.34. The van der Waals surface area contributed by atoms with Crippen LogP contribution in [0.3, 0.4) is 0 Å². The van der Waals surface area contributed by atoms with Gasteiger partial charge in [-0.15, -0.1) is 11.3 Å². The smallest absolute Gasteiger partial charge is 0.00802 e. The molecule has 1 nitrogen and oxygen atoms in total. The summed E-state index contributed by atoms with van der Waals surface area (Å²) in [4.78, 5) is 3.04. The van der Waals surface area contributed by atoms with Gasteiger partial charge in [0.05, 0.1) is 0 Å². The predicted octanol–water partition coefficient (Wildman–Crippen LogP) is 3.30. The van der Waals surface area contributed by atoms with Gasteiger partial charge in [-0.05, 0) is 50.8 Å². The Labute approximate surface area is 90.5 Å². The third-order valence-corrected chi connectivity index (χ3v) is 4.15. The third-order valence-electron chi connectivity index (χ3n) is 2.98. The molecule has 1 aliphatic rings. The lowest BCUT2D eigenvalue weighted by Gasteiger charge is -2.35. The zero-order chi connectivity index (χ0) is 9.97. The lowest BCUT2D eigenvalue weighted by atomic mass is 9.79. The molecule has 14 heavy (non-hydrogen) atoms. The van der Waals surface area contributed by atoms with Crippen LogP contribution in [0.2, 0.25) is 0 Å². The lowest BCUT2D eigenvalue weighted by molar-refractivity contribution is 0.295. The summed E-state index contributed by atoms with van der Waals surface area (Å²) in [5, 5.41) is 3.58. The SMILES string of the molecule is CCCNC1CC(c2ccc(C)s2)C1. The molecule has 1 fully saturated rings. The number of hydrogen-bond donors (Lipinski definition) is 1. The van der Waals surface area contributed by atoms with Crippen molar-refractivity contribution in [3.8, 4) is 0 Å². The maximum absolute atomic E-state index is 3.58. The number of aryl methyl sites for hydroxylation is 1. The van der Waals surface area contributed by atoms with Crippen LogP contribution in [0, 0.1) is 6.92 Å². The van der Waals surface area contributed by atoms with Gasteiger partial charge in [-0.3, -0.25) is 0 Å². The second-order valence-electron chi connectivity index (χ2n) is 4.27. The van der Waals surface area contributed by atoms with E-state index in [0.29, 0.717) is 0 Å². The minimum absolute atomic E-state index is 0.794. The Balaban J connectivity index is 1.77. The molecular formula is C12H19NS. The molecule has 1 heterocycles. The van der Waals surface area contributed by atoms with Crippen LogP contribution in [-0.2, 0) is 0 Å². The van der Waals surface area contributed by atoms with Crippen LogP contribution in [0.25, 0.3) is 0 Å². The first-order valence-electron chi connectivity index (χ1n) is 5.59. The summed E-state index contributed by atoms with van der Waals surface area (Å²) in [6.07, 6.45) is 3.94. The van der Waals surface area contributed by atoms with Crippen LogP contribution in [0.4, 0.5) is 0 Å². The van der Waals surface area contributed by atoms with E-state index < -0.39 is 0 Å². The highest BCUT2D eigenvalue weighted by Gasteiger charge is 2.30. The van der Waals surface area contributed by atoms with E-state index in [4.69, 9.17) is 0 Å². The quantitative estimate of drug-likeness (QED) is 0.802. The summed E-state index contributed by atoms with van der Waals surface area (Å²) in [5.41, 5.74) is 0. The maximum atomic E-state index is 3.58. The van der Waals surface area contributed by atoms with E-state index in [2.05, 4.69) is 31.3 Å². The first-order valence-corrected chi connectivity index (χ1v) is 6.41. The monoisotopic (exact) mass is 209 g/mol. The minimum atomic E-state index is 0.794. The van der Waals surface area contributed by atoms with Crippen LogP contribution in [0.5, 0.6) is 0 Å². The third kappa shape index (κ3) is 2.18. The summed E-state index contributed by atoms with van der Waals surface area (Å²) < 4.78 is 0. The van der Waals surface area contributed by atoms with E-state index in [1.807, 2.05) is 11.3 Å². The van der Waals surface area contributed by atoms with Gasteiger partial charge in [-0.2, -0.15) is 0 Å². The first-order chi connectivity index (χ1) is 6.79. The predicted molar refractivity (Wildman–Crippen MR) is 63.1 cm³/mol. The largest absolute Gasteiger partial charge is 0.314 e. The summed E-state index contributed by atoms with van der Waals surface area (Å²) in [7, 11) is 0. The zero-order valence-corrected chi connectivity index (χ0v) is 9.86. The fourth-order valence-electron chi connectivity index (χ4n) is 2.04. The van der Waals surface area contributed by atoms with E-state index >= 15 is 0 Å². The van der Waals surface area contributed by atoms with Gasteiger partial charge >= 0.3 is 0 Å². The van der Waals surface area contributed by atoms with Crippen LogP contribution in [0.1, 0.15) is 41.9 Å². The number of thiophene rings is 1. The molecule has 2 heteroatoms. The molecule has 1 N–H and O–H groups in total. The normalized spacial score (nSPS) is 26.1. The van der Waals surface area contributed by atoms with Crippen molar-refractivity contribution in [1.29, 1.82) is 0 Å². The van der Waals surface area contributed by atoms with Crippen LogP contribution >= 0.6 is 11.3 Å². The van der Waals surface area contributed by atoms with Gasteiger partial charge in [0.25, 0.3) is 0 Å². The second kappa shape index (κ2) is 4.45. The van der Waals surface area contributed by atoms with Crippen LogP contribution in [0.15, 0.2) is 12.1 Å². The van der Waals surface area contributed by atoms with E-state index in [0.717, 1.165) is 12.0 Å². The molecule has 0 bridgehead atoms. The van der Waals surface area contributed by atoms with Crippen molar-refractivity contribution < 1.29 is 0 Å². The molecule has 0 saturated heterocycles. The van der Waals surface area contributed by atoms with Crippen molar-refractivity contribution in [2.45, 2.75) is 45.1 Å². The van der Waals surface area contributed by atoms with Gasteiger partial charge in [0.15, 0.2) is 0 Å². The van der Waals surface area contributed by atoms with E-state index in [1.165, 1.54) is 30.7 Å². The van der Waals surface area contributed by atoms with Crippen molar-refractivity contribution in [3.05, 3.63) is 21.9 Å². The highest BCUT2D eigenvalue weighted by Crippen LogP contribution is 2.39. The molecule has 1 aliphatic carbocycles. The molecule has 0 atom stereocenters. The number of hydrogen-bond acceptors (Lipinski definition) is 2. The molecule has 1 saturated carbocycles. The van der Waals surface area contributed by atoms with E-state index in [1.54, 1.807) is 4.88 Å². The number of nitrogens with one attached hydrogen (secondary N) is 1. The Morgan fingerprint density at radius 3 is 2.79 bits per heavy atom. The van der Waals surface area contributed by atoms with Crippen LogP contribution in [-0.4, -0.2) is 12.6 Å². The molecule has 0 unspecified atom stereocenters. The standard InChI is InChI=1S/C12H19NS/c1-3-6-13-11-7-10(8-11)12-5-4-9(2)14-12/h4-5,10-11,13H,3,6-8H2,1-2H3. The van der Waals surface area contributed by atoms with Gasteiger partial charge in [-0.1, -0.05) is 6.92 Å². The summed E-state index contributed by atoms with van der Waals surface area (Å²) in [5.74, 6) is 0.850. The minimum Gasteiger partial charge on any atom is -0.314 e. The maximum Gasteiger partial charge on any atom is 0.00802 e. The fraction of sp³-hybridized carbons (Fsp3) is 0.667. The molecule has 0 spiro atoms. The highest BCUT2D eigenvalue weighted by atomic mass is 32.1. The van der Waals surface area contributed by atoms with Gasteiger partial charge < -0.3 is 5.32 Å². The van der Waals surface area contributed by atoms with Crippen molar-refractivity contribution >= 4 is 11.3 Å². The van der Waals surface area contributed by atoms with Crippen LogP contribution < -0.4 is 5.32 Å². The molecule has 0 aliphatic heterocycles. The molecule has 1 aromatic rings. The summed E-state index contributed by atoms with van der Waals surface area (Å²) in [6.45, 7) is 5.60. The van der Waals surface area contributed by atoms with Crippen molar-refractivity contribution in [2.75, 3.05) is 6.54 Å². The molecule has 78 valence electrons. The highest BCUT2D eigenvalue weighted by molar-refractivity contribution is 7.12. The lowest BCUT2D eigenvalue weighted by Crippen LogP contribution is -2.40. The van der Waals surface area contributed by atoms with Gasteiger partial charge in [-0.25, -0.2) is 0 Å². The Hall–Kier alpha value is -0.340. The Kier molecular flexibility index (Phi) is 3.24. The molecular weight excluding hydrogens is 190 g/mol. The number of rotatable bonds is 4. The Morgan fingerprint density at radius 2 is 2.21 bits per heavy atom. The first kappa shape index (κ1) is 10.2. The molecule has 0 amide bonds. The average Bonchev–Trinajstić information content (AvgIpc) is 2.49. The van der Waals surface area contributed by atoms with Crippen molar-refractivity contribution in [3.63, 3.8) is 0 Å². The molecule has 1 aromatic heterocycles. The van der Waals surface area contributed by atoms with Gasteiger partial charge in [0.2, 0.25) is 0 Å². The van der Waals surface area contributed by atoms with Gasteiger partial charge in [0, 0.05) is 15.8 Å². The molecule has 0 aromatic carbocycles. The van der Waals surface area contributed by atoms with Gasteiger partial charge in [0.1, 0.15) is 0 Å². The zero-order valence-electron chi connectivity index (χ0n) is 9.05. The van der Waals surface area contributed by atoms with E-state index in [9.17, 15) is 0 Å².